The molecule has 2 heterocycles. The summed E-state index contributed by atoms with van der Waals surface area (Å²) in [6.45, 7) is 5.68. The third-order valence-electron chi connectivity index (χ3n) is 6.87. The molecule has 2 saturated heterocycles. The summed E-state index contributed by atoms with van der Waals surface area (Å²) < 4.78 is 59.6. The quantitative estimate of drug-likeness (QED) is 0.632. The molecule has 2 aliphatic rings. The van der Waals surface area contributed by atoms with Crippen LogP contribution in [0.4, 0.5) is 8.78 Å². The molecule has 4 rings (SSSR count). The zero-order chi connectivity index (χ0) is 24.5. The molecule has 0 aromatic heterocycles. The normalized spacial score (nSPS) is 18.8. The number of amides is 1. The van der Waals surface area contributed by atoms with E-state index in [9.17, 15) is 22.0 Å². The minimum atomic E-state index is -3.93. The van der Waals surface area contributed by atoms with E-state index in [4.69, 9.17) is 4.74 Å². The van der Waals surface area contributed by atoms with E-state index in [1.54, 1.807) is 0 Å². The van der Waals surface area contributed by atoms with Crippen molar-refractivity contribution in [2.24, 2.45) is 5.92 Å². The van der Waals surface area contributed by atoms with Gasteiger partial charge in [-0.1, -0.05) is 6.07 Å². The van der Waals surface area contributed by atoms with Gasteiger partial charge >= 0.3 is 0 Å². The Hall–Kier alpha value is -2.52. The van der Waals surface area contributed by atoms with E-state index in [0.717, 1.165) is 30.7 Å². The van der Waals surface area contributed by atoms with Crippen LogP contribution < -0.4 is 4.74 Å². The fraction of sp³-hybridized carbons (Fsp3) is 0.480. The van der Waals surface area contributed by atoms with Crippen LogP contribution in [0.25, 0.3) is 0 Å². The fourth-order valence-electron chi connectivity index (χ4n) is 4.56. The number of nitrogens with zero attached hydrogens (tertiary/aromatic N) is 2. The Morgan fingerprint density at radius 3 is 2.18 bits per heavy atom. The first-order chi connectivity index (χ1) is 16.1. The molecule has 2 aromatic rings. The first kappa shape index (κ1) is 24.6. The average Bonchev–Trinajstić information content (AvgIpc) is 2.83. The highest BCUT2D eigenvalue weighted by Gasteiger charge is 2.35. The second-order valence-electron chi connectivity index (χ2n) is 9.14. The van der Waals surface area contributed by atoms with Crippen LogP contribution in [0.15, 0.2) is 41.3 Å². The van der Waals surface area contributed by atoms with Gasteiger partial charge in [0.15, 0.2) is 11.6 Å². The number of hydrogen-bond acceptors (Lipinski definition) is 4. The summed E-state index contributed by atoms with van der Waals surface area (Å²) in [4.78, 5) is 14.6. The van der Waals surface area contributed by atoms with Crippen LogP contribution in [0, 0.1) is 31.4 Å². The Bertz CT molecular complexity index is 1160. The summed E-state index contributed by atoms with van der Waals surface area (Å²) in [6.07, 6.45) is 2.38. The number of carbonyl (C=O) groups is 1. The zero-order valence-electron chi connectivity index (χ0n) is 19.5. The van der Waals surface area contributed by atoms with E-state index in [-0.39, 0.29) is 35.9 Å². The van der Waals surface area contributed by atoms with Gasteiger partial charge in [-0.3, -0.25) is 4.79 Å². The maximum atomic E-state index is 13.5. The van der Waals surface area contributed by atoms with Crippen LogP contribution in [0.3, 0.4) is 0 Å². The highest BCUT2D eigenvalue weighted by molar-refractivity contribution is 7.89. The van der Waals surface area contributed by atoms with Crippen LogP contribution >= 0.6 is 0 Å². The minimum absolute atomic E-state index is 0.0505. The van der Waals surface area contributed by atoms with Gasteiger partial charge in [-0.2, -0.15) is 4.31 Å². The molecule has 0 radical (unpaired) electrons. The van der Waals surface area contributed by atoms with Gasteiger partial charge in [0.05, 0.1) is 4.90 Å². The van der Waals surface area contributed by atoms with E-state index in [2.05, 4.69) is 13.8 Å². The van der Waals surface area contributed by atoms with Gasteiger partial charge < -0.3 is 9.64 Å². The summed E-state index contributed by atoms with van der Waals surface area (Å²) in [5.74, 6) is -1.63. The second-order valence-corrected chi connectivity index (χ2v) is 11.1. The molecule has 2 aliphatic heterocycles. The van der Waals surface area contributed by atoms with E-state index in [1.165, 1.54) is 15.4 Å². The van der Waals surface area contributed by atoms with Gasteiger partial charge in [0.25, 0.3) is 0 Å². The van der Waals surface area contributed by atoms with Crippen molar-refractivity contribution in [2.45, 2.75) is 50.5 Å². The van der Waals surface area contributed by atoms with Crippen molar-refractivity contribution >= 4 is 15.9 Å². The molecule has 6 nitrogen and oxygen atoms in total. The summed E-state index contributed by atoms with van der Waals surface area (Å²) >= 11 is 0. The number of aryl methyl sites for hydroxylation is 2. The first-order valence-corrected chi connectivity index (χ1v) is 13.1. The summed E-state index contributed by atoms with van der Waals surface area (Å²) in [6, 6.07) is 8.63. The van der Waals surface area contributed by atoms with Crippen LogP contribution in [0.5, 0.6) is 5.75 Å². The predicted molar refractivity (Wildman–Crippen MR) is 124 cm³/mol. The Morgan fingerprint density at radius 1 is 0.882 bits per heavy atom. The van der Waals surface area contributed by atoms with Gasteiger partial charge in [-0.05, 0) is 68.1 Å². The zero-order valence-corrected chi connectivity index (χ0v) is 20.3. The lowest BCUT2D eigenvalue weighted by Crippen LogP contribution is -2.47. The van der Waals surface area contributed by atoms with Crippen molar-refractivity contribution < 1.29 is 26.7 Å². The highest BCUT2D eigenvalue weighted by atomic mass is 32.2. The van der Waals surface area contributed by atoms with Crippen molar-refractivity contribution in [3.8, 4) is 5.75 Å². The largest absolute Gasteiger partial charge is 0.490 e. The number of carbonyl (C=O) groups excluding carboxylic acids is 1. The van der Waals surface area contributed by atoms with Crippen molar-refractivity contribution in [1.82, 2.24) is 9.21 Å². The third kappa shape index (κ3) is 5.25. The van der Waals surface area contributed by atoms with E-state index >= 15 is 0 Å². The lowest BCUT2D eigenvalue weighted by atomic mass is 9.95. The Kier molecular flexibility index (Phi) is 7.23. The second kappa shape index (κ2) is 10.00. The molecule has 2 aromatic carbocycles. The number of hydrogen-bond donors (Lipinski definition) is 0. The maximum absolute atomic E-state index is 13.5. The third-order valence-corrected chi connectivity index (χ3v) is 8.76. The molecule has 0 spiro atoms. The van der Waals surface area contributed by atoms with Gasteiger partial charge in [-0.15, -0.1) is 0 Å². The Morgan fingerprint density at radius 2 is 1.56 bits per heavy atom. The monoisotopic (exact) mass is 492 g/mol. The topological polar surface area (TPSA) is 66.9 Å². The molecule has 184 valence electrons. The average molecular weight is 493 g/mol. The van der Waals surface area contributed by atoms with Crippen LogP contribution in [-0.2, 0) is 14.8 Å². The Labute approximate surface area is 199 Å². The molecule has 0 atom stereocenters. The van der Waals surface area contributed by atoms with Crippen molar-refractivity contribution in [2.75, 3.05) is 26.2 Å². The lowest BCUT2D eigenvalue weighted by molar-refractivity contribution is -0.138. The molecule has 34 heavy (non-hydrogen) atoms. The van der Waals surface area contributed by atoms with Gasteiger partial charge in [0.1, 0.15) is 11.9 Å². The number of likely N-dealkylation sites (tertiary alicyclic amines) is 1. The van der Waals surface area contributed by atoms with E-state index in [0.29, 0.717) is 32.0 Å². The predicted octanol–water partition coefficient (Wildman–Crippen LogP) is 4.05. The molecule has 0 N–H and O–H groups in total. The van der Waals surface area contributed by atoms with Gasteiger partial charge in [0, 0.05) is 44.9 Å². The van der Waals surface area contributed by atoms with Gasteiger partial charge in [0.2, 0.25) is 15.9 Å². The summed E-state index contributed by atoms with van der Waals surface area (Å²) in [7, 11) is -3.93. The van der Waals surface area contributed by atoms with E-state index < -0.39 is 21.7 Å². The van der Waals surface area contributed by atoms with E-state index in [1.807, 2.05) is 23.1 Å². The molecule has 0 bridgehead atoms. The molecular weight excluding hydrogens is 462 g/mol. The summed E-state index contributed by atoms with van der Waals surface area (Å²) in [5.41, 5.74) is 2.40. The molecule has 2 fully saturated rings. The smallest absolute Gasteiger partial charge is 0.243 e. The van der Waals surface area contributed by atoms with Gasteiger partial charge in [-0.25, -0.2) is 17.2 Å². The first-order valence-electron chi connectivity index (χ1n) is 11.6. The standard InChI is InChI=1S/C25H30F2N2O4S/c1-17-3-4-21(15-18(17)2)33-20-9-11-28(12-10-20)25(30)19-7-13-29(14-8-19)34(31,32)22-5-6-23(26)24(27)16-22/h3-6,15-16,19-20H,7-14H2,1-2H3. The minimum Gasteiger partial charge on any atom is -0.490 e. The number of piperidine rings is 2. The van der Waals surface area contributed by atoms with Crippen LogP contribution in [0.2, 0.25) is 0 Å². The van der Waals surface area contributed by atoms with Crippen molar-refractivity contribution in [3.63, 3.8) is 0 Å². The van der Waals surface area contributed by atoms with Crippen LogP contribution in [0.1, 0.15) is 36.8 Å². The van der Waals surface area contributed by atoms with Crippen molar-refractivity contribution in [1.29, 1.82) is 0 Å². The number of halogens is 2. The molecule has 0 aliphatic carbocycles. The van der Waals surface area contributed by atoms with Crippen molar-refractivity contribution in [3.05, 3.63) is 59.2 Å². The molecule has 0 unspecified atom stereocenters. The maximum Gasteiger partial charge on any atom is 0.243 e. The van der Waals surface area contributed by atoms with Crippen LogP contribution in [-0.4, -0.2) is 55.8 Å². The fourth-order valence-corrected chi connectivity index (χ4v) is 6.04. The number of ether oxygens (including phenoxy) is 1. The molecule has 0 saturated carbocycles. The number of rotatable bonds is 5. The lowest BCUT2D eigenvalue weighted by Gasteiger charge is -2.37. The highest BCUT2D eigenvalue weighted by Crippen LogP contribution is 2.28. The molecule has 9 heteroatoms. The SMILES string of the molecule is Cc1ccc(OC2CCN(C(=O)C3CCN(S(=O)(=O)c4ccc(F)c(F)c4)CC3)CC2)cc1C. The number of benzene rings is 2. The molecule has 1 amide bonds. The summed E-state index contributed by atoms with van der Waals surface area (Å²) in [5, 5.41) is 0. The Balaban J connectivity index is 1.28. The number of sulfonamides is 1. The molecular formula is C25H30F2N2O4S.